The van der Waals surface area contributed by atoms with Crippen LogP contribution >= 0.6 is 22.9 Å². The van der Waals surface area contributed by atoms with Gasteiger partial charge in [0.1, 0.15) is 11.6 Å². The number of hydrogen-bond donors (Lipinski definition) is 1. The standard InChI is InChI=1S/C30H27ClFN7S/c1-17-6-7-20-13-19(8-9-24(20)37(17)3)21-14-23(31)22-15-39(36-27(22)26(21)32)29(18(2)35-30-33-10-12-40-30)28-25-5-4-11-38(25)16-34-28/h8-10,12-16,29H,1-2,4-7,11H2,3H3,(H,33,35). The summed E-state index contributed by atoms with van der Waals surface area (Å²) in [6.45, 7) is 9.40. The van der Waals surface area contributed by atoms with Crippen LogP contribution in [0.5, 0.6) is 0 Å². The van der Waals surface area contributed by atoms with Gasteiger partial charge in [-0.3, -0.25) is 4.68 Å². The van der Waals surface area contributed by atoms with Crippen LogP contribution in [0.1, 0.15) is 35.8 Å². The lowest BCUT2D eigenvalue weighted by atomic mass is 9.95. The minimum atomic E-state index is -0.475. The third kappa shape index (κ3) is 4.03. The Bertz CT molecular complexity index is 1800. The number of benzene rings is 2. The molecule has 7 nitrogen and oxygen atoms in total. The summed E-state index contributed by atoms with van der Waals surface area (Å²) in [4.78, 5) is 11.2. The van der Waals surface area contributed by atoms with Crippen molar-refractivity contribution in [1.82, 2.24) is 24.3 Å². The van der Waals surface area contributed by atoms with Crippen molar-refractivity contribution in [3.8, 4) is 11.1 Å². The number of nitrogens with one attached hydrogen (secondary N) is 1. The average molecular weight is 572 g/mol. The molecule has 2 aliphatic rings. The molecule has 0 bridgehead atoms. The van der Waals surface area contributed by atoms with Gasteiger partial charge in [0.25, 0.3) is 0 Å². The first-order valence-corrected chi connectivity index (χ1v) is 14.5. The van der Waals surface area contributed by atoms with E-state index in [2.05, 4.69) is 32.9 Å². The molecule has 0 spiro atoms. The van der Waals surface area contributed by atoms with Crippen molar-refractivity contribution in [3.05, 3.63) is 101 Å². The zero-order valence-electron chi connectivity index (χ0n) is 22.0. The molecule has 0 radical (unpaired) electrons. The van der Waals surface area contributed by atoms with Crippen LogP contribution in [0.25, 0.3) is 22.0 Å². The summed E-state index contributed by atoms with van der Waals surface area (Å²) in [7, 11) is 2.01. The fourth-order valence-corrected chi connectivity index (χ4v) is 6.65. The summed E-state index contributed by atoms with van der Waals surface area (Å²) >= 11 is 8.27. The Balaban J connectivity index is 1.33. The molecule has 2 aliphatic heterocycles. The zero-order chi connectivity index (χ0) is 27.5. The minimum Gasteiger partial charge on any atom is -0.349 e. The molecule has 0 saturated heterocycles. The molecule has 1 N–H and O–H groups in total. The summed E-state index contributed by atoms with van der Waals surface area (Å²) in [5.74, 6) is -0.404. The second-order valence-electron chi connectivity index (χ2n) is 10.3. The van der Waals surface area contributed by atoms with E-state index in [1.807, 2.05) is 37.0 Å². The Hall–Kier alpha value is -3.95. The number of rotatable bonds is 6. The van der Waals surface area contributed by atoms with Crippen molar-refractivity contribution < 1.29 is 4.39 Å². The predicted octanol–water partition coefficient (Wildman–Crippen LogP) is 7.21. The first-order valence-electron chi connectivity index (χ1n) is 13.2. The smallest absolute Gasteiger partial charge is 0.186 e. The molecule has 7 rings (SSSR count). The number of fused-ring (bicyclic) bond motifs is 3. The molecule has 3 aromatic heterocycles. The van der Waals surface area contributed by atoms with Crippen LogP contribution in [0.4, 0.5) is 15.2 Å². The highest BCUT2D eigenvalue weighted by atomic mass is 35.5. The Kier molecular flexibility index (Phi) is 6.01. The van der Waals surface area contributed by atoms with Crippen LogP contribution in [-0.2, 0) is 19.4 Å². The number of allylic oxidation sites excluding steroid dienone is 2. The van der Waals surface area contributed by atoms with Gasteiger partial charge in [0.05, 0.1) is 17.0 Å². The van der Waals surface area contributed by atoms with Crippen molar-refractivity contribution in [2.45, 2.75) is 38.3 Å². The van der Waals surface area contributed by atoms with Crippen molar-refractivity contribution in [1.29, 1.82) is 0 Å². The molecular formula is C30H27ClFN7S. The van der Waals surface area contributed by atoms with Crippen LogP contribution in [0.2, 0.25) is 5.02 Å². The summed E-state index contributed by atoms with van der Waals surface area (Å²) < 4.78 is 20.1. The number of halogens is 2. The summed E-state index contributed by atoms with van der Waals surface area (Å²) in [5, 5.41) is 11.7. The number of imidazole rings is 1. The van der Waals surface area contributed by atoms with Crippen molar-refractivity contribution in [2.75, 3.05) is 17.3 Å². The first-order chi connectivity index (χ1) is 19.4. The van der Waals surface area contributed by atoms with Gasteiger partial charge in [-0.15, -0.1) is 11.3 Å². The largest absolute Gasteiger partial charge is 0.349 e. The van der Waals surface area contributed by atoms with Gasteiger partial charge in [0, 0.05) is 65.1 Å². The summed E-state index contributed by atoms with van der Waals surface area (Å²) in [6, 6.07) is 7.23. The van der Waals surface area contributed by atoms with Crippen molar-refractivity contribution >= 4 is 44.7 Å². The summed E-state index contributed by atoms with van der Waals surface area (Å²) in [5.41, 5.74) is 7.38. The molecule has 1 unspecified atom stereocenters. The number of aryl methyl sites for hydroxylation is 2. The van der Waals surface area contributed by atoms with Gasteiger partial charge in [-0.1, -0.05) is 30.8 Å². The third-order valence-corrected chi connectivity index (χ3v) is 8.96. The van der Waals surface area contributed by atoms with E-state index in [4.69, 9.17) is 21.7 Å². The third-order valence-electron chi connectivity index (χ3n) is 7.96. The second kappa shape index (κ2) is 9.60. The van der Waals surface area contributed by atoms with Crippen LogP contribution in [0.15, 0.2) is 72.9 Å². The predicted molar refractivity (Wildman–Crippen MR) is 160 cm³/mol. The molecule has 10 heteroatoms. The van der Waals surface area contributed by atoms with Gasteiger partial charge in [-0.2, -0.15) is 5.10 Å². The molecular weight excluding hydrogens is 545 g/mol. The molecule has 202 valence electrons. The van der Waals surface area contributed by atoms with Gasteiger partial charge in [-0.25, -0.2) is 14.4 Å². The van der Waals surface area contributed by atoms with Gasteiger partial charge in [0.15, 0.2) is 10.9 Å². The van der Waals surface area contributed by atoms with E-state index in [-0.39, 0.29) is 5.52 Å². The Morgan fingerprint density at radius 2 is 2.08 bits per heavy atom. The van der Waals surface area contributed by atoms with E-state index >= 15 is 4.39 Å². The highest BCUT2D eigenvalue weighted by Crippen LogP contribution is 2.39. The monoisotopic (exact) mass is 571 g/mol. The average Bonchev–Trinajstić information content (AvgIpc) is 3.75. The highest BCUT2D eigenvalue weighted by molar-refractivity contribution is 7.13. The van der Waals surface area contributed by atoms with E-state index in [1.54, 1.807) is 23.1 Å². The SMILES string of the molecule is C=C(Nc1nccs1)C(c1ncn2c1CCC2)n1cc2c(Cl)cc(-c3ccc4c(c3)CCC(=C)N4C)c(F)c2n1. The molecule has 0 amide bonds. The molecule has 5 aromatic rings. The van der Waals surface area contributed by atoms with E-state index in [0.29, 0.717) is 21.7 Å². The number of thiazole rings is 1. The maximum absolute atomic E-state index is 16.2. The van der Waals surface area contributed by atoms with Gasteiger partial charge < -0.3 is 14.8 Å². The number of nitrogens with zero attached hydrogens (tertiary/aromatic N) is 6. The van der Waals surface area contributed by atoms with Gasteiger partial charge in [-0.05, 0) is 55.0 Å². The molecule has 0 aliphatic carbocycles. The van der Waals surface area contributed by atoms with Crippen molar-refractivity contribution in [2.24, 2.45) is 0 Å². The Morgan fingerprint density at radius 1 is 1.20 bits per heavy atom. The number of anilines is 2. The van der Waals surface area contributed by atoms with Crippen LogP contribution in [0.3, 0.4) is 0 Å². The maximum atomic E-state index is 16.2. The van der Waals surface area contributed by atoms with Gasteiger partial charge in [0.2, 0.25) is 0 Å². The maximum Gasteiger partial charge on any atom is 0.186 e. The topological polar surface area (TPSA) is 63.8 Å². The van der Waals surface area contributed by atoms with E-state index in [9.17, 15) is 0 Å². The molecule has 0 fully saturated rings. The van der Waals surface area contributed by atoms with E-state index < -0.39 is 11.9 Å². The molecule has 40 heavy (non-hydrogen) atoms. The molecule has 1 atom stereocenters. The number of hydrogen-bond acceptors (Lipinski definition) is 6. The second-order valence-corrected chi connectivity index (χ2v) is 11.6. The highest BCUT2D eigenvalue weighted by Gasteiger charge is 2.29. The minimum absolute atomic E-state index is 0.216. The quantitative estimate of drug-likeness (QED) is 0.233. The number of aromatic nitrogens is 5. The Labute approximate surface area is 240 Å². The van der Waals surface area contributed by atoms with Crippen LogP contribution in [-0.4, -0.2) is 31.4 Å². The van der Waals surface area contributed by atoms with Gasteiger partial charge >= 0.3 is 0 Å². The molecule has 0 saturated carbocycles. The lowest BCUT2D eigenvalue weighted by Crippen LogP contribution is -2.21. The molecule has 5 heterocycles. The zero-order valence-corrected chi connectivity index (χ0v) is 23.6. The fraction of sp³-hybridized carbons (Fsp3) is 0.233. The van der Waals surface area contributed by atoms with E-state index in [0.717, 1.165) is 71.3 Å². The normalized spacial score (nSPS) is 15.4. The van der Waals surface area contributed by atoms with Crippen LogP contribution < -0.4 is 10.2 Å². The Morgan fingerprint density at radius 3 is 2.90 bits per heavy atom. The van der Waals surface area contributed by atoms with Crippen LogP contribution in [0, 0.1) is 5.82 Å². The summed E-state index contributed by atoms with van der Waals surface area (Å²) in [6.07, 6.45) is 9.09. The van der Waals surface area contributed by atoms with Crippen molar-refractivity contribution in [3.63, 3.8) is 0 Å². The van der Waals surface area contributed by atoms with E-state index in [1.165, 1.54) is 11.3 Å². The first kappa shape index (κ1) is 25.0. The molecule has 2 aromatic carbocycles. The fourth-order valence-electron chi connectivity index (χ4n) is 5.84. The lowest BCUT2D eigenvalue weighted by Gasteiger charge is -2.30. The lowest BCUT2D eigenvalue weighted by molar-refractivity contribution is 0.572.